The minimum atomic E-state index is 0.0867. The molecule has 1 N–H and O–H groups in total. The normalized spacial score (nSPS) is 18.4. The van der Waals surface area contributed by atoms with Gasteiger partial charge in [-0.05, 0) is 92.4 Å². The predicted molar refractivity (Wildman–Crippen MR) is 129 cm³/mol. The van der Waals surface area contributed by atoms with E-state index in [0.29, 0.717) is 10.0 Å². The quantitative estimate of drug-likeness (QED) is 0.546. The van der Waals surface area contributed by atoms with Crippen LogP contribution in [0.1, 0.15) is 67.3 Å². The number of halogens is 2. The van der Waals surface area contributed by atoms with Gasteiger partial charge in [0.15, 0.2) is 0 Å². The molecule has 0 bridgehead atoms. The van der Waals surface area contributed by atoms with E-state index >= 15 is 0 Å². The van der Waals surface area contributed by atoms with Crippen LogP contribution in [-0.4, -0.2) is 23.9 Å². The number of piperidine rings is 1. The zero-order valence-electron chi connectivity index (χ0n) is 18.3. The SMILES string of the molecule is CC[C@@H](NC(=O)C1CCN(Cc2ccc(Cl)cc2Cl)CC1)c1ccc2c(c1)CCCC2. The second-order valence-electron chi connectivity index (χ2n) is 8.99. The fourth-order valence-electron chi connectivity index (χ4n) is 4.92. The maximum atomic E-state index is 13.0. The largest absolute Gasteiger partial charge is 0.349 e. The lowest BCUT2D eigenvalue weighted by molar-refractivity contribution is -0.127. The van der Waals surface area contributed by atoms with Crippen molar-refractivity contribution in [2.45, 2.75) is 64.5 Å². The number of likely N-dealkylation sites (tertiary alicyclic amines) is 1. The summed E-state index contributed by atoms with van der Waals surface area (Å²) in [7, 11) is 0. The molecule has 2 aromatic carbocycles. The van der Waals surface area contributed by atoms with E-state index in [4.69, 9.17) is 23.2 Å². The zero-order chi connectivity index (χ0) is 21.8. The summed E-state index contributed by atoms with van der Waals surface area (Å²) in [6.07, 6.45) is 7.62. The van der Waals surface area contributed by atoms with Crippen molar-refractivity contribution >= 4 is 29.1 Å². The van der Waals surface area contributed by atoms with Gasteiger partial charge in [0.05, 0.1) is 6.04 Å². The summed E-state index contributed by atoms with van der Waals surface area (Å²) in [4.78, 5) is 15.4. The molecule has 4 rings (SSSR count). The molecule has 1 aliphatic carbocycles. The molecule has 2 aromatic rings. The van der Waals surface area contributed by atoms with E-state index in [1.807, 2.05) is 12.1 Å². The van der Waals surface area contributed by atoms with E-state index in [-0.39, 0.29) is 17.9 Å². The van der Waals surface area contributed by atoms with E-state index in [9.17, 15) is 4.79 Å². The molecule has 1 fully saturated rings. The van der Waals surface area contributed by atoms with Crippen LogP contribution in [0.3, 0.4) is 0 Å². The molecule has 3 nitrogen and oxygen atoms in total. The molecule has 1 atom stereocenters. The topological polar surface area (TPSA) is 32.3 Å². The van der Waals surface area contributed by atoms with E-state index < -0.39 is 0 Å². The Labute approximate surface area is 196 Å². The van der Waals surface area contributed by atoms with Crippen LogP contribution in [0.5, 0.6) is 0 Å². The lowest BCUT2D eigenvalue weighted by Crippen LogP contribution is -2.41. The van der Waals surface area contributed by atoms with Crippen molar-refractivity contribution in [3.8, 4) is 0 Å². The Hall–Kier alpha value is -1.55. The van der Waals surface area contributed by atoms with Gasteiger partial charge >= 0.3 is 0 Å². The van der Waals surface area contributed by atoms with Gasteiger partial charge in [0.2, 0.25) is 5.91 Å². The number of rotatable bonds is 6. The Morgan fingerprint density at radius 1 is 1.06 bits per heavy atom. The van der Waals surface area contributed by atoms with Crippen LogP contribution >= 0.6 is 23.2 Å². The molecule has 5 heteroatoms. The van der Waals surface area contributed by atoms with Crippen molar-refractivity contribution in [1.29, 1.82) is 0 Å². The molecule has 2 aliphatic rings. The molecular weight excluding hydrogens is 427 g/mol. The van der Waals surface area contributed by atoms with Gasteiger partial charge in [0.1, 0.15) is 0 Å². The van der Waals surface area contributed by atoms with Crippen LogP contribution in [0, 0.1) is 5.92 Å². The molecule has 0 spiro atoms. The third-order valence-electron chi connectivity index (χ3n) is 6.87. The van der Waals surface area contributed by atoms with Crippen LogP contribution < -0.4 is 5.32 Å². The number of nitrogens with zero attached hydrogens (tertiary/aromatic N) is 1. The fraction of sp³-hybridized carbons (Fsp3) is 0.500. The van der Waals surface area contributed by atoms with E-state index in [2.05, 4.69) is 35.3 Å². The molecule has 1 heterocycles. The number of fused-ring (bicyclic) bond motifs is 1. The summed E-state index contributed by atoms with van der Waals surface area (Å²) < 4.78 is 0. The van der Waals surface area contributed by atoms with Crippen LogP contribution in [0.15, 0.2) is 36.4 Å². The molecular formula is C26H32Cl2N2O. The first-order valence-corrected chi connectivity index (χ1v) is 12.4. The minimum Gasteiger partial charge on any atom is -0.349 e. The fourth-order valence-corrected chi connectivity index (χ4v) is 5.39. The van der Waals surface area contributed by atoms with E-state index in [1.165, 1.54) is 42.4 Å². The number of hydrogen-bond donors (Lipinski definition) is 1. The Morgan fingerprint density at radius 3 is 2.52 bits per heavy atom. The summed E-state index contributed by atoms with van der Waals surface area (Å²) in [5.74, 6) is 0.289. The first kappa shape index (κ1) is 22.6. The van der Waals surface area contributed by atoms with Crippen LogP contribution in [0.25, 0.3) is 0 Å². The highest BCUT2D eigenvalue weighted by molar-refractivity contribution is 6.35. The third kappa shape index (κ3) is 5.63. The second kappa shape index (κ2) is 10.4. The van der Waals surface area contributed by atoms with Gasteiger partial charge in [0, 0.05) is 22.5 Å². The first-order valence-electron chi connectivity index (χ1n) is 11.6. The van der Waals surface area contributed by atoms with Crippen molar-refractivity contribution in [3.05, 3.63) is 68.7 Å². The van der Waals surface area contributed by atoms with Crippen LogP contribution in [0.2, 0.25) is 10.0 Å². The second-order valence-corrected chi connectivity index (χ2v) is 9.83. The van der Waals surface area contributed by atoms with Gasteiger partial charge in [-0.3, -0.25) is 9.69 Å². The standard InChI is InChI=1S/C26H32Cl2N2O/c1-2-25(21-8-7-18-5-3-4-6-20(18)15-21)29-26(31)19-11-13-30(14-12-19)17-22-9-10-23(27)16-24(22)28/h7-10,15-16,19,25H,2-6,11-14,17H2,1H3,(H,29,31)/t25-/m1/s1. The Morgan fingerprint density at radius 2 is 1.81 bits per heavy atom. The van der Waals surface area contributed by atoms with Crippen molar-refractivity contribution in [1.82, 2.24) is 10.2 Å². The Kier molecular flexibility index (Phi) is 7.58. The molecule has 0 saturated carbocycles. The van der Waals surface area contributed by atoms with E-state index in [0.717, 1.165) is 44.5 Å². The summed E-state index contributed by atoms with van der Waals surface area (Å²) in [5, 5.41) is 4.72. The molecule has 31 heavy (non-hydrogen) atoms. The molecule has 166 valence electrons. The summed E-state index contributed by atoms with van der Waals surface area (Å²) in [5.41, 5.74) is 5.31. The highest BCUT2D eigenvalue weighted by Crippen LogP contribution is 2.28. The Bertz CT molecular complexity index is 922. The van der Waals surface area contributed by atoms with Crippen molar-refractivity contribution in [2.75, 3.05) is 13.1 Å². The maximum Gasteiger partial charge on any atom is 0.223 e. The number of amides is 1. The number of aryl methyl sites for hydroxylation is 2. The lowest BCUT2D eigenvalue weighted by Gasteiger charge is -2.32. The van der Waals surface area contributed by atoms with E-state index in [1.54, 1.807) is 6.07 Å². The minimum absolute atomic E-state index is 0.0867. The van der Waals surface area contributed by atoms with Gasteiger partial charge in [-0.25, -0.2) is 0 Å². The van der Waals surface area contributed by atoms with Crippen LogP contribution in [-0.2, 0) is 24.2 Å². The van der Waals surface area contributed by atoms with Crippen molar-refractivity contribution < 1.29 is 4.79 Å². The molecule has 0 unspecified atom stereocenters. The number of carbonyl (C=O) groups is 1. The van der Waals surface area contributed by atoms with Crippen molar-refractivity contribution in [3.63, 3.8) is 0 Å². The molecule has 1 aliphatic heterocycles. The first-order chi connectivity index (χ1) is 15.0. The zero-order valence-corrected chi connectivity index (χ0v) is 19.8. The number of hydrogen-bond acceptors (Lipinski definition) is 2. The van der Waals surface area contributed by atoms with Gasteiger partial charge < -0.3 is 5.32 Å². The van der Waals surface area contributed by atoms with Gasteiger partial charge in [-0.1, -0.05) is 54.4 Å². The summed E-state index contributed by atoms with van der Waals surface area (Å²) >= 11 is 12.3. The van der Waals surface area contributed by atoms with Gasteiger partial charge in [-0.2, -0.15) is 0 Å². The summed E-state index contributed by atoms with van der Waals surface area (Å²) in [6.45, 7) is 4.78. The Balaban J connectivity index is 1.31. The van der Waals surface area contributed by atoms with Gasteiger partial charge in [0.25, 0.3) is 0 Å². The number of benzene rings is 2. The molecule has 0 aromatic heterocycles. The smallest absolute Gasteiger partial charge is 0.223 e. The van der Waals surface area contributed by atoms with Crippen LogP contribution in [0.4, 0.5) is 0 Å². The molecule has 0 radical (unpaired) electrons. The lowest BCUT2D eigenvalue weighted by atomic mass is 9.88. The predicted octanol–water partition coefficient (Wildman–Crippen LogP) is 6.35. The monoisotopic (exact) mass is 458 g/mol. The summed E-state index contributed by atoms with van der Waals surface area (Å²) in [6, 6.07) is 12.6. The number of carbonyl (C=O) groups excluding carboxylic acids is 1. The maximum absolute atomic E-state index is 13.0. The third-order valence-corrected chi connectivity index (χ3v) is 7.45. The highest BCUT2D eigenvalue weighted by Gasteiger charge is 2.27. The van der Waals surface area contributed by atoms with Crippen molar-refractivity contribution in [2.24, 2.45) is 5.92 Å². The molecule has 1 amide bonds. The average molecular weight is 459 g/mol. The van der Waals surface area contributed by atoms with Gasteiger partial charge in [-0.15, -0.1) is 0 Å². The average Bonchev–Trinajstić information content (AvgIpc) is 2.79. The highest BCUT2D eigenvalue weighted by atomic mass is 35.5. The number of nitrogens with one attached hydrogen (secondary N) is 1. The molecule has 1 saturated heterocycles.